The summed E-state index contributed by atoms with van der Waals surface area (Å²) in [4.78, 5) is 30.6. The highest BCUT2D eigenvalue weighted by molar-refractivity contribution is 7.10. The molecule has 3 aromatic rings. The Hall–Kier alpha value is -3.14. The summed E-state index contributed by atoms with van der Waals surface area (Å²) in [5.74, 6) is -1.03. The van der Waals surface area contributed by atoms with E-state index in [4.69, 9.17) is 0 Å². The molecule has 2 amide bonds. The SMILES string of the molecule is CC(C(=O)Nc1cccc(F)c1)N1CCN(CC(=O)NC(c2ccc(F)cc2)c2cccs2)CC1. The lowest BCUT2D eigenvalue weighted by Gasteiger charge is -2.37. The first kappa shape index (κ1) is 25.0. The Morgan fingerprint density at radius 2 is 1.71 bits per heavy atom. The molecule has 0 bridgehead atoms. The first-order chi connectivity index (χ1) is 16.9. The third-order valence-corrected chi connectivity index (χ3v) is 7.07. The van der Waals surface area contributed by atoms with Crippen molar-refractivity contribution in [2.75, 3.05) is 38.0 Å². The molecule has 2 heterocycles. The number of rotatable bonds is 8. The predicted molar refractivity (Wildman–Crippen MR) is 133 cm³/mol. The Kier molecular flexibility index (Phi) is 8.22. The van der Waals surface area contributed by atoms with E-state index in [1.165, 1.54) is 35.6 Å². The van der Waals surface area contributed by atoms with Crippen molar-refractivity contribution >= 4 is 28.8 Å². The van der Waals surface area contributed by atoms with Crippen LogP contribution < -0.4 is 10.6 Å². The van der Waals surface area contributed by atoms with Gasteiger partial charge in [0.1, 0.15) is 11.6 Å². The number of halogens is 2. The molecule has 2 unspecified atom stereocenters. The number of piperazine rings is 1. The molecule has 1 aromatic heterocycles. The Morgan fingerprint density at radius 3 is 2.37 bits per heavy atom. The van der Waals surface area contributed by atoms with Gasteiger partial charge in [-0.25, -0.2) is 8.78 Å². The van der Waals surface area contributed by atoms with E-state index in [-0.39, 0.29) is 36.3 Å². The van der Waals surface area contributed by atoms with Gasteiger partial charge < -0.3 is 10.6 Å². The molecule has 1 saturated heterocycles. The van der Waals surface area contributed by atoms with Gasteiger partial charge in [0.15, 0.2) is 0 Å². The van der Waals surface area contributed by atoms with E-state index in [0.717, 1.165) is 10.4 Å². The molecule has 0 aliphatic carbocycles. The number of nitrogens with zero attached hydrogens (tertiary/aromatic N) is 2. The van der Waals surface area contributed by atoms with E-state index in [9.17, 15) is 18.4 Å². The number of thiophene rings is 1. The standard InChI is InChI=1S/C26H28F2N4O2S/c1-18(26(34)29-22-5-2-4-21(28)16-22)32-13-11-31(12-14-32)17-24(33)30-25(23-6-3-15-35-23)19-7-9-20(27)10-8-19/h2-10,15-16,18,25H,11-14,17H2,1H3,(H,29,34)(H,30,33). The van der Waals surface area contributed by atoms with Gasteiger partial charge in [-0.05, 0) is 54.3 Å². The van der Waals surface area contributed by atoms with E-state index in [0.29, 0.717) is 31.9 Å². The van der Waals surface area contributed by atoms with Gasteiger partial charge in [0.05, 0.1) is 18.6 Å². The van der Waals surface area contributed by atoms with Crippen LogP contribution >= 0.6 is 11.3 Å². The number of benzene rings is 2. The second kappa shape index (κ2) is 11.5. The highest BCUT2D eigenvalue weighted by atomic mass is 32.1. The van der Waals surface area contributed by atoms with Crippen molar-refractivity contribution in [1.29, 1.82) is 0 Å². The van der Waals surface area contributed by atoms with Crippen molar-refractivity contribution in [1.82, 2.24) is 15.1 Å². The summed E-state index contributed by atoms with van der Waals surface area (Å²) in [5, 5.41) is 7.79. The van der Waals surface area contributed by atoms with Crippen molar-refractivity contribution in [3.8, 4) is 0 Å². The topological polar surface area (TPSA) is 64.7 Å². The fourth-order valence-corrected chi connectivity index (χ4v) is 4.93. The van der Waals surface area contributed by atoms with Crippen LogP contribution in [0.2, 0.25) is 0 Å². The average molecular weight is 499 g/mol. The lowest BCUT2D eigenvalue weighted by atomic mass is 10.1. The van der Waals surface area contributed by atoms with Crippen molar-refractivity contribution < 1.29 is 18.4 Å². The van der Waals surface area contributed by atoms with Gasteiger partial charge in [0, 0.05) is 36.7 Å². The van der Waals surface area contributed by atoms with E-state index < -0.39 is 5.82 Å². The van der Waals surface area contributed by atoms with E-state index in [2.05, 4.69) is 20.4 Å². The maximum atomic E-state index is 13.4. The number of amides is 2. The van der Waals surface area contributed by atoms with E-state index >= 15 is 0 Å². The smallest absolute Gasteiger partial charge is 0.241 e. The molecule has 1 aliphatic rings. The van der Waals surface area contributed by atoms with Gasteiger partial charge in [-0.15, -0.1) is 11.3 Å². The molecule has 1 fully saturated rings. The number of carbonyl (C=O) groups excluding carboxylic acids is 2. The molecule has 0 saturated carbocycles. The summed E-state index contributed by atoms with van der Waals surface area (Å²) in [7, 11) is 0. The Morgan fingerprint density at radius 1 is 0.971 bits per heavy atom. The van der Waals surface area contributed by atoms with Crippen LogP contribution in [0, 0.1) is 11.6 Å². The number of hydrogen-bond donors (Lipinski definition) is 2. The lowest BCUT2D eigenvalue weighted by Crippen LogP contribution is -2.54. The molecule has 0 spiro atoms. The fourth-order valence-electron chi connectivity index (χ4n) is 4.13. The second-order valence-electron chi connectivity index (χ2n) is 8.56. The minimum Gasteiger partial charge on any atom is -0.343 e. The molecule has 2 aromatic carbocycles. The maximum absolute atomic E-state index is 13.4. The molecule has 184 valence electrons. The number of anilines is 1. The number of hydrogen-bond acceptors (Lipinski definition) is 5. The highest BCUT2D eigenvalue weighted by Crippen LogP contribution is 2.26. The summed E-state index contributed by atoms with van der Waals surface area (Å²) >= 11 is 1.54. The summed E-state index contributed by atoms with van der Waals surface area (Å²) < 4.78 is 26.8. The van der Waals surface area contributed by atoms with Crippen molar-refractivity contribution in [3.63, 3.8) is 0 Å². The summed E-state index contributed by atoms with van der Waals surface area (Å²) in [5.41, 5.74) is 1.25. The fraction of sp³-hybridized carbons (Fsp3) is 0.308. The molecule has 2 atom stereocenters. The molecule has 9 heteroatoms. The zero-order valence-electron chi connectivity index (χ0n) is 19.4. The largest absolute Gasteiger partial charge is 0.343 e. The monoisotopic (exact) mass is 498 g/mol. The van der Waals surface area contributed by atoms with Crippen LogP contribution in [0.25, 0.3) is 0 Å². The summed E-state index contributed by atoms with van der Waals surface area (Å²) in [6.45, 7) is 4.62. The summed E-state index contributed by atoms with van der Waals surface area (Å²) in [6.07, 6.45) is 0. The van der Waals surface area contributed by atoms with Crippen LogP contribution in [0.3, 0.4) is 0 Å². The highest BCUT2D eigenvalue weighted by Gasteiger charge is 2.27. The second-order valence-corrected chi connectivity index (χ2v) is 9.53. The van der Waals surface area contributed by atoms with Crippen molar-refractivity contribution in [3.05, 3.63) is 88.1 Å². The minimum absolute atomic E-state index is 0.113. The third-order valence-electron chi connectivity index (χ3n) is 6.13. The van der Waals surface area contributed by atoms with E-state index in [1.807, 2.05) is 24.4 Å². The molecular weight excluding hydrogens is 470 g/mol. The zero-order valence-corrected chi connectivity index (χ0v) is 20.2. The maximum Gasteiger partial charge on any atom is 0.241 e. The van der Waals surface area contributed by atoms with Crippen LogP contribution in [-0.2, 0) is 9.59 Å². The summed E-state index contributed by atoms with van der Waals surface area (Å²) in [6, 6.07) is 15.2. The van der Waals surface area contributed by atoms with Gasteiger partial charge in [-0.3, -0.25) is 19.4 Å². The first-order valence-corrected chi connectivity index (χ1v) is 12.4. The number of nitrogens with one attached hydrogen (secondary N) is 2. The van der Waals surface area contributed by atoms with Gasteiger partial charge >= 0.3 is 0 Å². The Bertz CT molecular complexity index is 1130. The molecule has 0 radical (unpaired) electrons. The van der Waals surface area contributed by atoms with Gasteiger partial charge in [-0.1, -0.05) is 24.3 Å². The third kappa shape index (κ3) is 6.72. The minimum atomic E-state index is -0.400. The zero-order chi connectivity index (χ0) is 24.8. The average Bonchev–Trinajstić information content (AvgIpc) is 3.38. The first-order valence-electron chi connectivity index (χ1n) is 11.5. The Labute approximate surface area is 207 Å². The molecule has 4 rings (SSSR count). The van der Waals surface area contributed by atoms with Crippen LogP contribution in [-0.4, -0.2) is 60.4 Å². The molecule has 35 heavy (non-hydrogen) atoms. The van der Waals surface area contributed by atoms with Crippen molar-refractivity contribution in [2.45, 2.75) is 19.0 Å². The number of carbonyl (C=O) groups is 2. The molecule has 2 N–H and O–H groups in total. The predicted octanol–water partition coefficient (Wildman–Crippen LogP) is 3.88. The molecule has 1 aliphatic heterocycles. The normalized spacial score (nSPS) is 16.4. The van der Waals surface area contributed by atoms with Gasteiger partial charge in [-0.2, -0.15) is 0 Å². The molecular formula is C26H28F2N4O2S. The van der Waals surface area contributed by atoms with Crippen LogP contribution in [0.1, 0.15) is 23.4 Å². The lowest BCUT2D eigenvalue weighted by molar-refractivity contribution is -0.125. The van der Waals surface area contributed by atoms with Crippen LogP contribution in [0.15, 0.2) is 66.0 Å². The van der Waals surface area contributed by atoms with Crippen LogP contribution in [0.4, 0.5) is 14.5 Å². The van der Waals surface area contributed by atoms with Gasteiger partial charge in [0.25, 0.3) is 0 Å². The Balaban J connectivity index is 1.28. The van der Waals surface area contributed by atoms with E-state index in [1.54, 1.807) is 24.3 Å². The quantitative estimate of drug-likeness (QED) is 0.495. The molecule has 6 nitrogen and oxygen atoms in total. The van der Waals surface area contributed by atoms with Crippen molar-refractivity contribution in [2.24, 2.45) is 0 Å². The van der Waals surface area contributed by atoms with Gasteiger partial charge in [0.2, 0.25) is 11.8 Å². The van der Waals surface area contributed by atoms with Crippen LogP contribution in [0.5, 0.6) is 0 Å².